The molecule has 1 aromatic heterocycles. The molecule has 0 spiro atoms. The Labute approximate surface area is 235 Å². The Kier molecular flexibility index (Phi) is 7.92. The molecule has 0 radical (unpaired) electrons. The average Bonchev–Trinajstić information content (AvgIpc) is 3.48. The molecule has 1 atom stereocenters. The number of hydrogen-bond donors (Lipinski definition) is 0. The second-order valence-corrected chi connectivity index (χ2v) is 11.1. The number of aromatic nitrogens is 3. The van der Waals surface area contributed by atoms with Gasteiger partial charge in [-0.1, -0.05) is 12.1 Å². The van der Waals surface area contributed by atoms with Crippen LogP contribution in [0.15, 0.2) is 42.7 Å². The number of anilines is 1. The lowest BCUT2D eigenvalue weighted by Crippen LogP contribution is -2.49. The van der Waals surface area contributed by atoms with E-state index in [1.807, 2.05) is 29.8 Å². The Morgan fingerprint density at radius 2 is 1.90 bits per heavy atom. The average molecular weight is 576 g/mol. The molecule has 12 heteroatoms. The Bertz CT molecular complexity index is 1410. The number of nitrogens with zero attached hydrogens (tertiary/aromatic N) is 5. The van der Waals surface area contributed by atoms with Crippen LogP contribution >= 0.6 is 0 Å². The summed E-state index contributed by atoms with van der Waals surface area (Å²) < 4.78 is 55.6. The Hall–Kier alpha value is -3.35. The van der Waals surface area contributed by atoms with Gasteiger partial charge in [-0.2, -0.15) is 13.2 Å². The van der Waals surface area contributed by atoms with Gasteiger partial charge in [0.1, 0.15) is 12.2 Å². The summed E-state index contributed by atoms with van der Waals surface area (Å²) in [7, 11) is 3.56. The van der Waals surface area contributed by atoms with Crippen molar-refractivity contribution in [3.05, 3.63) is 76.4 Å². The minimum Gasteiger partial charge on any atom is -0.381 e. The standard InChI is InChI=1S/C29H32F3N5O3.FH/c1-35-18-33-34-26(35)13-28(16-40-17-28)20-4-3-5-21(12-20)37-15-24-23(27(37)38)10-19(11-25(24)29(30,31)32)14-36-8-6-22(39-2)7-9-36;/h3-5,10-12,18,22H,6-9,13-17H2,1-2H3;1H/i6+0,22+0;/t22-;/m1./s1. The highest BCUT2D eigenvalue weighted by Crippen LogP contribution is 2.42. The molecule has 0 aliphatic carbocycles. The number of carbonyl (C=O) groups excluding carboxylic acids is 1. The minimum absolute atomic E-state index is 0. The number of hydrogen-bond acceptors (Lipinski definition) is 6. The molecule has 8 nitrogen and oxygen atoms in total. The lowest BCUT2D eigenvalue weighted by molar-refractivity contribution is -0.138. The van der Waals surface area contributed by atoms with Crippen LogP contribution in [-0.4, -0.2) is 65.1 Å². The maximum absolute atomic E-state index is 14.3. The lowest BCUT2D eigenvalue weighted by Gasteiger charge is -2.42. The maximum Gasteiger partial charge on any atom is 0.416 e. The second-order valence-electron chi connectivity index (χ2n) is 11.1. The highest BCUT2D eigenvalue weighted by molar-refractivity contribution is 6.10. The van der Waals surface area contributed by atoms with Crippen molar-refractivity contribution in [3.8, 4) is 0 Å². The molecule has 41 heavy (non-hydrogen) atoms. The first-order valence-corrected chi connectivity index (χ1v) is 13.5. The molecular weight excluding hydrogens is 542 g/mol. The van der Waals surface area contributed by atoms with Crippen LogP contribution in [0.5, 0.6) is 0 Å². The van der Waals surface area contributed by atoms with E-state index in [0.29, 0.717) is 37.4 Å². The van der Waals surface area contributed by atoms with Crippen LogP contribution in [0, 0.1) is 0 Å². The van der Waals surface area contributed by atoms with Gasteiger partial charge in [-0.25, -0.2) is 0 Å². The van der Waals surface area contributed by atoms with Crippen molar-refractivity contribution in [2.75, 3.05) is 38.3 Å². The number of piperidine rings is 1. The van der Waals surface area contributed by atoms with Crippen LogP contribution in [0.2, 0.25) is 0 Å². The topological polar surface area (TPSA) is 72.7 Å². The monoisotopic (exact) mass is 575 g/mol. The fourth-order valence-electron chi connectivity index (χ4n) is 6.08. The Morgan fingerprint density at radius 3 is 2.51 bits per heavy atom. The number of aryl methyl sites for hydroxylation is 1. The van der Waals surface area contributed by atoms with Gasteiger partial charge >= 0.3 is 6.18 Å². The number of amides is 1. The fraction of sp³-hybridized carbons (Fsp3) is 0.483. The minimum atomic E-state index is -4.56. The second kappa shape index (κ2) is 11.1. The van der Waals surface area contributed by atoms with Crippen molar-refractivity contribution in [2.24, 2.45) is 7.05 Å². The predicted octanol–water partition coefficient (Wildman–Crippen LogP) is 4.27. The number of benzene rings is 2. The van der Waals surface area contributed by atoms with Crippen LogP contribution in [-0.2, 0) is 47.6 Å². The predicted molar refractivity (Wildman–Crippen MR) is 143 cm³/mol. The van der Waals surface area contributed by atoms with Gasteiger partial charge in [-0.15, -0.1) is 10.2 Å². The van der Waals surface area contributed by atoms with Gasteiger partial charge < -0.3 is 18.9 Å². The zero-order valence-corrected chi connectivity index (χ0v) is 23.0. The molecule has 2 aromatic carbocycles. The zero-order valence-electron chi connectivity index (χ0n) is 23.0. The number of likely N-dealkylation sites (tertiary alicyclic amines) is 1. The summed E-state index contributed by atoms with van der Waals surface area (Å²) in [6, 6.07) is 10.4. The normalized spacial score (nSPS) is 20.5. The quantitative estimate of drug-likeness (QED) is 0.392. The first-order valence-electron chi connectivity index (χ1n) is 13.5. The molecule has 220 valence electrons. The van der Waals surface area contributed by atoms with Crippen LogP contribution in [0.3, 0.4) is 0 Å². The third-order valence-corrected chi connectivity index (χ3v) is 8.51. The highest BCUT2D eigenvalue weighted by atomic mass is 19.4. The van der Waals surface area contributed by atoms with E-state index in [1.54, 1.807) is 25.6 Å². The first-order chi connectivity index (χ1) is 19.2. The summed E-state index contributed by atoms with van der Waals surface area (Å²) in [4.78, 5) is 17.2. The zero-order chi connectivity index (χ0) is 28.1. The summed E-state index contributed by atoms with van der Waals surface area (Å²) in [5.41, 5.74) is 1.12. The molecular formula is C29H33F4N5O3. The van der Waals surface area contributed by atoms with Gasteiger partial charge in [0.15, 0.2) is 0 Å². The van der Waals surface area contributed by atoms with E-state index in [0.717, 1.165) is 37.3 Å². The number of fused-ring (bicyclic) bond motifs is 1. The number of methoxy groups -OCH3 is 1. The third-order valence-electron chi connectivity index (χ3n) is 8.51. The van der Waals surface area contributed by atoms with Crippen LogP contribution in [0.1, 0.15) is 51.3 Å². The highest BCUT2D eigenvalue weighted by Gasteiger charge is 2.43. The smallest absolute Gasteiger partial charge is 0.381 e. The summed E-state index contributed by atoms with van der Waals surface area (Å²) in [6.45, 7) is 2.69. The Balaban J connectivity index is 0.00000337. The molecule has 6 rings (SSSR count). The number of alkyl halides is 3. The SMILES string of the molecule is CO[12C@H]1CCN(Cc2cc3c(c(C(F)(F)F)c2)CN(c2cccc(C4(Cc5nncn5C)COC4)c2)C3=O)C[12CH2]1.F. The van der Waals surface area contributed by atoms with Crippen molar-refractivity contribution in [1.82, 2.24) is 19.7 Å². The lowest BCUT2D eigenvalue weighted by atomic mass is 9.75. The molecule has 0 unspecified atom stereocenters. The van der Waals surface area contributed by atoms with Crippen molar-refractivity contribution in [3.63, 3.8) is 0 Å². The molecule has 2 fully saturated rings. The van der Waals surface area contributed by atoms with E-state index in [2.05, 4.69) is 15.1 Å². The van der Waals surface area contributed by atoms with Crippen LogP contribution in [0.4, 0.5) is 23.6 Å². The van der Waals surface area contributed by atoms with Crippen LogP contribution < -0.4 is 4.90 Å². The molecule has 2 saturated heterocycles. The van der Waals surface area contributed by atoms with Crippen LogP contribution in [0.25, 0.3) is 0 Å². The van der Waals surface area contributed by atoms with Crippen molar-refractivity contribution < 1.29 is 32.1 Å². The maximum atomic E-state index is 14.3. The van der Waals surface area contributed by atoms with Crippen molar-refractivity contribution >= 4 is 11.6 Å². The van der Waals surface area contributed by atoms with Gasteiger partial charge in [0.25, 0.3) is 5.91 Å². The van der Waals surface area contributed by atoms with Gasteiger partial charge in [0.2, 0.25) is 0 Å². The molecule has 3 aliphatic heterocycles. The van der Waals surface area contributed by atoms with E-state index >= 15 is 0 Å². The molecule has 0 bridgehead atoms. The summed E-state index contributed by atoms with van der Waals surface area (Å²) in [6.07, 6.45) is -0.471. The van der Waals surface area contributed by atoms with Gasteiger partial charge in [-0.3, -0.25) is 14.4 Å². The molecule has 0 N–H and O–H groups in total. The van der Waals surface area contributed by atoms with Crippen molar-refractivity contribution in [1.29, 1.82) is 0 Å². The van der Waals surface area contributed by atoms with Crippen molar-refractivity contribution in [2.45, 2.75) is 50.0 Å². The summed E-state index contributed by atoms with van der Waals surface area (Å²) in [5.74, 6) is 0.400. The van der Waals surface area contributed by atoms with E-state index < -0.39 is 17.6 Å². The van der Waals surface area contributed by atoms with Gasteiger partial charge in [0, 0.05) is 56.9 Å². The number of carbonyl (C=O) groups is 1. The Morgan fingerprint density at radius 1 is 1.15 bits per heavy atom. The largest absolute Gasteiger partial charge is 0.416 e. The molecule has 3 aliphatic rings. The van der Waals surface area contributed by atoms with E-state index in [-0.39, 0.29) is 33.9 Å². The van der Waals surface area contributed by atoms with E-state index in [1.165, 1.54) is 11.0 Å². The fourth-order valence-corrected chi connectivity index (χ4v) is 6.08. The van der Waals surface area contributed by atoms with E-state index in [9.17, 15) is 18.0 Å². The third kappa shape index (κ3) is 5.47. The summed E-state index contributed by atoms with van der Waals surface area (Å²) >= 11 is 0. The van der Waals surface area contributed by atoms with E-state index in [4.69, 9.17) is 9.47 Å². The number of ether oxygens (including phenoxy) is 2. The summed E-state index contributed by atoms with van der Waals surface area (Å²) in [5, 5.41) is 8.18. The molecule has 3 aromatic rings. The van der Waals surface area contributed by atoms with Gasteiger partial charge in [-0.05, 0) is 53.8 Å². The number of rotatable bonds is 7. The molecule has 1 amide bonds. The van der Waals surface area contributed by atoms with Gasteiger partial charge in [0.05, 0.1) is 31.4 Å². The molecule has 4 heterocycles. The first kappa shape index (κ1) is 29.2. The number of halogens is 4. The molecule has 0 saturated carbocycles.